The minimum Gasteiger partial charge on any atom is -0.336 e. The standard InChI is InChI=1S/C21H26N2O3S/c1-16-5-4-6-19(13-16)15-27(25,26)23-11-9-22(10-12-23)21(24)20-8-7-17(2)18(3)14-20/h4-8,13-14H,9-12,15H2,1-3H3. The Hall–Kier alpha value is -2.18. The van der Waals surface area contributed by atoms with E-state index in [1.807, 2.05) is 63.2 Å². The number of nitrogens with zero attached hydrogens (tertiary/aromatic N) is 2. The van der Waals surface area contributed by atoms with Crippen LogP contribution in [0, 0.1) is 20.8 Å². The van der Waals surface area contributed by atoms with Gasteiger partial charge in [-0.1, -0.05) is 35.9 Å². The molecule has 0 bridgehead atoms. The number of hydrogen-bond acceptors (Lipinski definition) is 3. The maximum absolute atomic E-state index is 12.7. The average Bonchev–Trinajstić information content (AvgIpc) is 2.63. The largest absolute Gasteiger partial charge is 0.336 e. The molecule has 1 heterocycles. The summed E-state index contributed by atoms with van der Waals surface area (Å²) < 4.78 is 26.9. The lowest BCUT2D eigenvalue weighted by Crippen LogP contribution is -2.50. The molecule has 3 rings (SSSR count). The van der Waals surface area contributed by atoms with Gasteiger partial charge in [0.15, 0.2) is 0 Å². The van der Waals surface area contributed by atoms with E-state index in [1.54, 1.807) is 4.90 Å². The average molecular weight is 387 g/mol. The molecule has 144 valence electrons. The summed E-state index contributed by atoms with van der Waals surface area (Å²) in [5.41, 5.74) is 4.74. The van der Waals surface area contributed by atoms with Gasteiger partial charge in [0.25, 0.3) is 5.91 Å². The lowest BCUT2D eigenvalue weighted by molar-refractivity contribution is 0.0697. The summed E-state index contributed by atoms with van der Waals surface area (Å²) in [6.07, 6.45) is 0. The fourth-order valence-electron chi connectivity index (χ4n) is 3.33. The van der Waals surface area contributed by atoms with E-state index in [9.17, 15) is 13.2 Å². The molecule has 1 aliphatic heterocycles. The highest BCUT2D eigenvalue weighted by molar-refractivity contribution is 7.88. The van der Waals surface area contributed by atoms with Gasteiger partial charge in [-0.05, 0) is 49.6 Å². The van der Waals surface area contributed by atoms with Gasteiger partial charge in [-0.15, -0.1) is 0 Å². The number of hydrogen-bond donors (Lipinski definition) is 0. The third kappa shape index (κ3) is 4.57. The highest BCUT2D eigenvalue weighted by Crippen LogP contribution is 2.17. The van der Waals surface area contributed by atoms with E-state index in [4.69, 9.17) is 0 Å². The van der Waals surface area contributed by atoms with Crippen LogP contribution in [0.15, 0.2) is 42.5 Å². The van der Waals surface area contributed by atoms with Crippen LogP contribution >= 0.6 is 0 Å². The fraction of sp³-hybridized carbons (Fsp3) is 0.381. The Morgan fingerprint density at radius 2 is 1.63 bits per heavy atom. The zero-order valence-electron chi connectivity index (χ0n) is 16.1. The molecule has 6 heteroatoms. The second-order valence-corrected chi connectivity index (χ2v) is 9.20. The lowest BCUT2D eigenvalue weighted by Gasteiger charge is -2.34. The molecule has 1 fully saturated rings. The molecular weight excluding hydrogens is 360 g/mol. The molecule has 0 atom stereocenters. The second-order valence-electron chi connectivity index (χ2n) is 7.24. The van der Waals surface area contributed by atoms with Gasteiger partial charge in [0.05, 0.1) is 5.75 Å². The minimum atomic E-state index is -3.38. The fourth-order valence-corrected chi connectivity index (χ4v) is 4.83. The Morgan fingerprint density at radius 1 is 0.926 bits per heavy atom. The van der Waals surface area contributed by atoms with Crippen molar-refractivity contribution in [3.05, 3.63) is 70.3 Å². The normalized spacial score (nSPS) is 15.7. The van der Waals surface area contributed by atoms with Crippen LogP contribution in [0.3, 0.4) is 0 Å². The molecule has 0 unspecified atom stereocenters. The van der Waals surface area contributed by atoms with Crippen molar-refractivity contribution in [2.75, 3.05) is 26.2 Å². The summed E-state index contributed by atoms with van der Waals surface area (Å²) in [5, 5.41) is 0. The van der Waals surface area contributed by atoms with E-state index in [0.29, 0.717) is 31.7 Å². The van der Waals surface area contributed by atoms with Crippen LogP contribution in [0.1, 0.15) is 32.6 Å². The first-order chi connectivity index (χ1) is 12.8. The number of piperazine rings is 1. The van der Waals surface area contributed by atoms with Crippen molar-refractivity contribution in [1.82, 2.24) is 9.21 Å². The van der Waals surface area contributed by atoms with Crippen LogP contribution in [0.4, 0.5) is 0 Å². The summed E-state index contributed by atoms with van der Waals surface area (Å²) >= 11 is 0. The van der Waals surface area contributed by atoms with E-state index in [0.717, 1.165) is 22.3 Å². The van der Waals surface area contributed by atoms with Crippen LogP contribution in [-0.4, -0.2) is 49.7 Å². The predicted octanol–water partition coefficient (Wildman–Crippen LogP) is 2.90. The number of sulfonamides is 1. The van der Waals surface area contributed by atoms with Crippen molar-refractivity contribution in [3.8, 4) is 0 Å². The number of aryl methyl sites for hydroxylation is 3. The SMILES string of the molecule is Cc1cccc(CS(=O)(=O)N2CCN(C(=O)c3ccc(C)c(C)c3)CC2)c1. The topological polar surface area (TPSA) is 57.7 Å². The van der Waals surface area contributed by atoms with E-state index in [1.165, 1.54) is 4.31 Å². The van der Waals surface area contributed by atoms with E-state index >= 15 is 0 Å². The Kier molecular flexibility index (Phi) is 5.67. The molecule has 1 saturated heterocycles. The number of amides is 1. The number of carbonyl (C=O) groups excluding carboxylic acids is 1. The van der Waals surface area contributed by atoms with Gasteiger partial charge in [0.2, 0.25) is 10.0 Å². The molecule has 1 aliphatic rings. The zero-order chi connectivity index (χ0) is 19.6. The van der Waals surface area contributed by atoms with Crippen LogP contribution in [-0.2, 0) is 15.8 Å². The molecule has 0 aliphatic carbocycles. The van der Waals surface area contributed by atoms with Crippen molar-refractivity contribution in [1.29, 1.82) is 0 Å². The summed E-state index contributed by atoms with van der Waals surface area (Å²) in [7, 11) is -3.38. The maximum atomic E-state index is 12.7. The van der Waals surface area contributed by atoms with Gasteiger partial charge in [-0.3, -0.25) is 4.79 Å². The molecule has 5 nitrogen and oxygen atoms in total. The maximum Gasteiger partial charge on any atom is 0.253 e. The molecule has 0 N–H and O–H groups in total. The van der Waals surface area contributed by atoms with Gasteiger partial charge in [0, 0.05) is 31.7 Å². The third-order valence-electron chi connectivity index (χ3n) is 5.10. The zero-order valence-corrected chi connectivity index (χ0v) is 16.9. The van der Waals surface area contributed by atoms with Crippen LogP contribution in [0.25, 0.3) is 0 Å². The van der Waals surface area contributed by atoms with Crippen molar-refractivity contribution in [3.63, 3.8) is 0 Å². The van der Waals surface area contributed by atoms with Crippen LogP contribution < -0.4 is 0 Å². The van der Waals surface area contributed by atoms with Gasteiger partial charge in [-0.2, -0.15) is 4.31 Å². The second kappa shape index (κ2) is 7.82. The minimum absolute atomic E-state index is 0.000215. The molecule has 2 aromatic carbocycles. The van der Waals surface area contributed by atoms with Gasteiger partial charge in [-0.25, -0.2) is 8.42 Å². The smallest absolute Gasteiger partial charge is 0.253 e. The molecule has 0 aromatic heterocycles. The Labute approximate surface area is 161 Å². The highest BCUT2D eigenvalue weighted by Gasteiger charge is 2.29. The van der Waals surface area contributed by atoms with Gasteiger partial charge < -0.3 is 4.90 Å². The molecule has 27 heavy (non-hydrogen) atoms. The summed E-state index contributed by atoms with van der Waals surface area (Å²) in [4.78, 5) is 14.4. The van der Waals surface area contributed by atoms with Gasteiger partial charge in [0.1, 0.15) is 0 Å². The van der Waals surface area contributed by atoms with E-state index in [2.05, 4.69) is 0 Å². The lowest BCUT2D eigenvalue weighted by atomic mass is 10.1. The number of rotatable bonds is 4. The molecule has 0 saturated carbocycles. The molecule has 0 radical (unpaired) electrons. The molecular formula is C21H26N2O3S. The van der Waals surface area contributed by atoms with E-state index < -0.39 is 10.0 Å². The van der Waals surface area contributed by atoms with Crippen molar-refractivity contribution < 1.29 is 13.2 Å². The highest BCUT2D eigenvalue weighted by atomic mass is 32.2. The van der Waals surface area contributed by atoms with Crippen molar-refractivity contribution >= 4 is 15.9 Å². The van der Waals surface area contributed by atoms with Crippen LogP contribution in [0.5, 0.6) is 0 Å². The predicted molar refractivity (Wildman–Crippen MR) is 107 cm³/mol. The summed E-state index contributed by atoms with van der Waals surface area (Å²) in [6, 6.07) is 13.3. The Balaban J connectivity index is 1.63. The summed E-state index contributed by atoms with van der Waals surface area (Å²) in [6.45, 7) is 7.46. The first-order valence-electron chi connectivity index (χ1n) is 9.16. The van der Waals surface area contributed by atoms with Crippen molar-refractivity contribution in [2.24, 2.45) is 0 Å². The quantitative estimate of drug-likeness (QED) is 0.812. The first-order valence-corrected chi connectivity index (χ1v) is 10.8. The van der Waals surface area contributed by atoms with Gasteiger partial charge >= 0.3 is 0 Å². The van der Waals surface area contributed by atoms with E-state index in [-0.39, 0.29) is 11.7 Å². The molecule has 1 amide bonds. The third-order valence-corrected chi connectivity index (χ3v) is 6.95. The number of carbonyl (C=O) groups is 1. The van der Waals surface area contributed by atoms with Crippen molar-refractivity contribution in [2.45, 2.75) is 26.5 Å². The van der Waals surface area contributed by atoms with Crippen LogP contribution in [0.2, 0.25) is 0 Å². The Morgan fingerprint density at radius 3 is 2.26 bits per heavy atom. The summed E-state index contributed by atoms with van der Waals surface area (Å²) in [5.74, 6) is -0.0337. The monoisotopic (exact) mass is 386 g/mol. The number of benzene rings is 2. The first kappa shape index (κ1) is 19.6. The molecule has 0 spiro atoms. The molecule has 2 aromatic rings. The Bertz CT molecular complexity index is 946.